The molecule has 1 aliphatic heterocycles. The molecule has 0 radical (unpaired) electrons. The Morgan fingerprint density at radius 2 is 2.64 bits per heavy atom. The van der Waals surface area contributed by atoms with E-state index in [0.717, 1.165) is 25.1 Å². The van der Waals surface area contributed by atoms with Gasteiger partial charge in [0, 0.05) is 12.7 Å². The molecule has 0 spiro atoms. The van der Waals surface area contributed by atoms with Gasteiger partial charge in [-0.3, -0.25) is 5.10 Å². The van der Waals surface area contributed by atoms with Gasteiger partial charge in [0.05, 0.1) is 11.8 Å². The zero-order valence-corrected chi connectivity index (χ0v) is 6.21. The summed E-state index contributed by atoms with van der Waals surface area (Å²) in [5.74, 6) is 0.538. The molecule has 0 aliphatic carbocycles. The molecular formula is C7H11N3O. The van der Waals surface area contributed by atoms with E-state index < -0.39 is 0 Å². The van der Waals surface area contributed by atoms with Crippen LogP contribution in [0.15, 0.2) is 6.07 Å². The van der Waals surface area contributed by atoms with Crippen molar-refractivity contribution in [3.05, 3.63) is 11.8 Å². The number of hydrogen-bond donors (Lipinski definition) is 2. The largest absolute Gasteiger partial charge is 0.382 e. The second-order valence-corrected chi connectivity index (χ2v) is 2.75. The molecule has 1 fully saturated rings. The summed E-state index contributed by atoms with van der Waals surface area (Å²) in [7, 11) is 0. The molecule has 0 bridgehead atoms. The van der Waals surface area contributed by atoms with Gasteiger partial charge >= 0.3 is 0 Å². The third kappa shape index (κ3) is 1.21. The maximum Gasteiger partial charge on any atom is 0.145 e. The number of aromatic amines is 1. The average Bonchev–Trinajstić information content (AvgIpc) is 2.55. The molecule has 0 unspecified atom stereocenters. The number of nitrogens with one attached hydrogen (secondary N) is 1. The van der Waals surface area contributed by atoms with Crippen LogP contribution in [0.4, 0.5) is 5.82 Å². The maximum absolute atomic E-state index is 5.45. The summed E-state index contributed by atoms with van der Waals surface area (Å²) in [6, 6.07) is 1.83. The summed E-state index contributed by atoms with van der Waals surface area (Å²) in [5.41, 5.74) is 6.45. The van der Waals surface area contributed by atoms with Crippen molar-refractivity contribution in [2.45, 2.75) is 18.9 Å². The van der Waals surface area contributed by atoms with E-state index in [1.165, 1.54) is 0 Å². The van der Waals surface area contributed by atoms with Crippen LogP contribution < -0.4 is 5.73 Å². The first-order chi connectivity index (χ1) is 5.36. The number of hydrogen-bond acceptors (Lipinski definition) is 3. The SMILES string of the molecule is Nc1cc([C@@H]2CCCO2)[nH]n1. The number of rotatable bonds is 1. The molecule has 2 heterocycles. The summed E-state index contributed by atoms with van der Waals surface area (Å²) < 4.78 is 5.43. The Morgan fingerprint density at radius 1 is 1.73 bits per heavy atom. The second kappa shape index (κ2) is 2.54. The first-order valence-electron chi connectivity index (χ1n) is 3.78. The molecule has 60 valence electrons. The molecule has 1 aromatic rings. The Hall–Kier alpha value is -1.03. The van der Waals surface area contributed by atoms with Gasteiger partial charge in [0.15, 0.2) is 0 Å². The van der Waals surface area contributed by atoms with Gasteiger partial charge in [-0.05, 0) is 12.8 Å². The molecule has 1 aromatic heterocycles. The lowest BCUT2D eigenvalue weighted by molar-refractivity contribution is 0.108. The van der Waals surface area contributed by atoms with Crippen molar-refractivity contribution in [3.63, 3.8) is 0 Å². The Kier molecular flexibility index (Phi) is 1.54. The van der Waals surface area contributed by atoms with Crippen molar-refractivity contribution in [2.24, 2.45) is 0 Å². The highest BCUT2D eigenvalue weighted by atomic mass is 16.5. The van der Waals surface area contributed by atoms with E-state index in [-0.39, 0.29) is 6.10 Å². The summed E-state index contributed by atoms with van der Waals surface area (Å²) >= 11 is 0. The maximum atomic E-state index is 5.45. The number of nitrogens with two attached hydrogens (primary N) is 1. The van der Waals surface area contributed by atoms with E-state index in [4.69, 9.17) is 10.5 Å². The molecule has 0 amide bonds. The van der Waals surface area contributed by atoms with Gasteiger partial charge in [-0.1, -0.05) is 0 Å². The lowest BCUT2D eigenvalue weighted by Crippen LogP contribution is -1.95. The van der Waals surface area contributed by atoms with Crippen LogP contribution >= 0.6 is 0 Å². The van der Waals surface area contributed by atoms with E-state index in [0.29, 0.717) is 5.82 Å². The first-order valence-corrected chi connectivity index (χ1v) is 3.78. The van der Waals surface area contributed by atoms with Gasteiger partial charge < -0.3 is 10.5 Å². The summed E-state index contributed by atoms with van der Waals surface area (Å²) in [5, 5.41) is 6.68. The summed E-state index contributed by atoms with van der Waals surface area (Å²) in [4.78, 5) is 0. The minimum absolute atomic E-state index is 0.194. The van der Waals surface area contributed by atoms with Crippen LogP contribution in [0.5, 0.6) is 0 Å². The van der Waals surface area contributed by atoms with Crippen molar-refractivity contribution in [1.82, 2.24) is 10.2 Å². The van der Waals surface area contributed by atoms with Crippen LogP contribution in [0.2, 0.25) is 0 Å². The van der Waals surface area contributed by atoms with Gasteiger partial charge in [-0.15, -0.1) is 0 Å². The Morgan fingerprint density at radius 3 is 3.18 bits per heavy atom. The Labute approximate surface area is 64.7 Å². The fourth-order valence-corrected chi connectivity index (χ4v) is 1.34. The van der Waals surface area contributed by atoms with Crippen LogP contribution in [-0.4, -0.2) is 16.8 Å². The fraction of sp³-hybridized carbons (Fsp3) is 0.571. The van der Waals surface area contributed by atoms with E-state index in [1.807, 2.05) is 6.07 Å². The number of ether oxygens (including phenoxy) is 1. The van der Waals surface area contributed by atoms with Crippen LogP contribution in [0.1, 0.15) is 24.6 Å². The van der Waals surface area contributed by atoms with Crippen molar-refractivity contribution >= 4 is 5.82 Å². The summed E-state index contributed by atoms with van der Waals surface area (Å²) in [6.45, 7) is 0.851. The van der Waals surface area contributed by atoms with E-state index in [9.17, 15) is 0 Å². The van der Waals surface area contributed by atoms with Crippen LogP contribution in [-0.2, 0) is 4.74 Å². The quantitative estimate of drug-likeness (QED) is 0.628. The van der Waals surface area contributed by atoms with E-state index in [2.05, 4.69) is 10.2 Å². The van der Waals surface area contributed by atoms with Crippen molar-refractivity contribution < 1.29 is 4.74 Å². The number of H-pyrrole nitrogens is 1. The molecule has 2 rings (SSSR count). The first kappa shape index (κ1) is 6.67. The van der Waals surface area contributed by atoms with Gasteiger partial charge in [0.1, 0.15) is 5.82 Å². The van der Waals surface area contributed by atoms with Crippen molar-refractivity contribution in [1.29, 1.82) is 0 Å². The number of nitrogen functional groups attached to an aromatic ring is 1. The lowest BCUT2D eigenvalue weighted by Gasteiger charge is -2.03. The lowest BCUT2D eigenvalue weighted by atomic mass is 10.2. The van der Waals surface area contributed by atoms with Gasteiger partial charge in [0.25, 0.3) is 0 Å². The predicted octanol–water partition coefficient (Wildman–Crippen LogP) is 0.843. The van der Waals surface area contributed by atoms with Gasteiger partial charge in [0.2, 0.25) is 0 Å². The standard InChI is InChI=1S/C7H11N3O/c8-7-4-5(9-10-7)6-2-1-3-11-6/h4,6H,1-3H2,(H3,8,9,10)/t6-/m0/s1. The number of aromatic nitrogens is 2. The molecule has 1 atom stereocenters. The van der Waals surface area contributed by atoms with Crippen molar-refractivity contribution in [2.75, 3.05) is 12.3 Å². The minimum atomic E-state index is 0.194. The highest BCUT2D eigenvalue weighted by Gasteiger charge is 2.18. The van der Waals surface area contributed by atoms with Crippen molar-refractivity contribution in [3.8, 4) is 0 Å². The second-order valence-electron chi connectivity index (χ2n) is 2.75. The van der Waals surface area contributed by atoms with Crippen LogP contribution in [0, 0.1) is 0 Å². The van der Waals surface area contributed by atoms with Gasteiger partial charge in [-0.2, -0.15) is 5.10 Å². The van der Waals surface area contributed by atoms with Crippen LogP contribution in [0.3, 0.4) is 0 Å². The third-order valence-corrected chi connectivity index (χ3v) is 1.89. The highest BCUT2D eigenvalue weighted by molar-refractivity contribution is 5.29. The topological polar surface area (TPSA) is 63.9 Å². The third-order valence-electron chi connectivity index (χ3n) is 1.89. The predicted molar refractivity (Wildman–Crippen MR) is 40.9 cm³/mol. The smallest absolute Gasteiger partial charge is 0.145 e. The molecule has 1 saturated heterocycles. The molecule has 0 saturated carbocycles. The molecule has 3 N–H and O–H groups in total. The van der Waals surface area contributed by atoms with Crippen LogP contribution in [0.25, 0.3) is 0 Å². The average molecular weight is 153 g/mol. The number of nitrogens with zero attached hydrogens (tertiary/aromatic N) is 1. The Bertz CT molecular complexity index is 240. The fourth-order valence-electron chi connectivity index (χ4n) is 1.34. The zero-order chi connectivity index (χ0) is 7.68. The molecule has 4 heteroatoms. The highest BCUT2D eigenvalue weighted by Crippen LogP contribution is 2.27. The molecular weight excluding hydrogens is 142 g/mol. The zero-order valence-electron chi connectivity index (χ0n) is 6.21. The molecule has 11 heavy (non-hydrogen) atoms. The van der Waals surface area contributed by atoms with Gasteiger partial charge in [-0.25, -0.2) is 0 Å². The summed E-state index contributed by atoms with van der Waals surface area (Å²) in [6.07, 6.45) is 2.39. The molecule has 4 nitrogen and oxygen atoms in total. The van der Waals surface area contributed by atoms with E-state index in [1.54, 1.807) is 0 Å². The Balaban J connectivity index is 2.15. The van der Waals surface area contributed by atoms with E-state index >= 15 is 0 Å². The molecule has 0 aromatic carbocycles. The monoisotopic (exact) mass is 153 g/mol. The minimum Gasteiger partial charge on any atom is -0.382 e. The number of anilines is 1. The normalized spacial score (nSPS) is 24.2. The molecule has 1 aliphatic rings.